The van der Waals surface area contributed by atoms with Gasteiger partial charge in [0.05, 0.1) is 12.2 Å². The molecule has 8 heteroatoms. The van der Waals surface area contributed by atoms with Crippen molar-refractivity contribution in [3.8, 4) is 23.6 Å². The molecule has 1 N–H and O–H groups in total. The molecule has 198 valence electrons. The van der Waals surface area contributed by atoms with Crippen molar-refractivity contribution < 1.29 is 14.3 Å². The van der Waals surface area contributed by atoms with E-state index in [2.05, 4.69) is 40.6 Å². The third kappa shape index (κ3) is 6.89. The Bertz CT molecular complexity index is 1490. The van der Waals surface area contributed by atoms with E-state index >= 15 is 0 Å². The minimum Gasteiger partial charge on any atom is -0.490 e. The highest BCUT2D eigenvalue weighted by molar-refractivity contribution is 14.1. The highest BCUT2D eigenvalue weighted by Crippen LogP contribution is 2.38. The van der Waals surface area contributed by atoms with Crippen LogP contribution in [0.25, 0.3) is 6.08 Å². The number of halogens is 1. The van der Waals surface area contributed by atoms with Gasteiger partial charge in [0.2, 0.25) is 0 Å². The van der Waals surface area contributed by atoms with Crippen molar-refractivity contribution in [2.24, 2.45) is 0 Å². The topological polar surface area (TPSA) is 95.1 Å². The van der Waals surface area contributed by atoms with Crippen LogP contribution in [0.4, 0.5) is 5.00 Å². The number of hydrogen-bond acceptors (Lipinski definition) is 6. The molecule has 3 aromatic rings. The fraction of sp³-hybridized carbons (Fsp3) is 0.258. The van der Waals surface area contributed by atoms with E-state index in [1.165, 1.54) is 17.4 Å². The van der Waals surface area contributed by atoms with Crippen LogP contribution in [0.2, 0.25) is 0 Å². The molecule has 0 aliphatic heterocycles. The Kier molecular flexibility index (Phi) is 9.80. The predicted octanol–water partition coefficient (Wildman–Crippen LogP) is 7.36. The summed E-state index contributed by atoms with van der Waals surface area (Å²) >= 11 is 3.70. The number of amides is 1. The van der Waals surface area contributed by atoms with E-state index in [0.29, 0.717) is 47.3 Å². The second kappa shape index (κ2) is 13.5. The van der Waals surface area contributed by atoms with Crippen molar-refractivity contribution in [3.05, 3.63) is 90.9 Å². The van der Waals surface area contributed by atoms with Gasteiger partial charge < -0.3 is 14.8 Å². The Hall–Kier alpha value is -3.60. The summed E-state index contributed by atoms with van der Waals surface area (Å²) in [4.78, 5) is 14.3. The average Bonchev–Trinajstić information content (AvgIpc) is 3.29. The number of aryl methyl sites for hydroxylation is 1. The summed E-state index contributed by atoms with van der Waals surface area (Å²) in [6.07, 6.45) is 7.70. The van der Waals surface area contributed by atoms with Crippen LogP contribution in [0.3, 0.4) is 0 Å². The van der Waals surface area contributed by atoms with E-state index in [9.17, 15) is 15.3 Å². The van der Waals surface area contributed by atoms with Gasteiger partial charge in [0.15, 0.2) is 11.5 Å². The number of nitrogens with zero attached hydrogens (tertiary/aromatic N) is 2. The fourth-order valence-corrected chi connectivity index (χ4v) is 6.09. The summed E-state index contributed by atoms with van der Waals surface area (Å²) in [6, 6.07) is 16.0. The summed E-state index contributed by atoms with van der Waals surface area (Å²) < 4.78 is 13.3. The van der Waals surface area contributed by atoms with Gasteiger partial charge in [-0.2, -0.15) is 10.5 Å². The number of ether oxygens (including phenoxy) is 2. The molecule has 0 saturated heterocycles. The molecule has 1 amide bonds. The third-order valence-electron chi connectivity index (χ3n) is 6.30. The predicted molar refractivity (Wildman–Crippen MR) is 163 cm³/mol. The van der Waals surface area contributed by atoms with Crippen molar-refractivity contribution >= 4 is 50.9 Å². The number of rotatable bonds is 10. The first kappa shape index (κ1) is 28.4. The van der Waals surface area contributed by atoms with Gasteiger partial charge in [-0.05, 0) is 109 Å². The molecule has 1 aliphatic rings. The van der Waals surface area contributed by atoms with Gasteiger partial charge >= 0.3 is 0 Å². The summed E-state index contributed by atoms with van der Waals surface area (Å²) in [5, 5.41) is 22.9. The fourth-order valence-electron chi connectivity index (χ4n) is 4.49. The molecule has 0 unspecified atom stereocenters. The molecule has 0 atom stereocenters. The zero-order valence-corrected chi connectivity index (χ0v) is 24.7. The van der Waals surface area contributed by atoms with E-state index in [1.54, 1.807) is 12.1 Å². The smallest absolute Gasteiger partial charge is 0.266 e. The summed E-state index contributed by atoms with van der Waals surface area (Å²) in [5.74, 6) is 0.595. The Balaban J connectivity index is 1.63. The molecule has 4 rings (SSSR count). The zero-order valence-electron chi connectivity index (χ0n) is 21.7. The van der Waals surface area contributed by atoms with E-state index in [1.807, 2.05) is 43.3 Å². The number of carbonyl (C=O) groups is 1. The lowest BCUT2D eigenvalue weighted by Crippen LogP contribution is -2.13. The number of hydrogen-bond donors (Lipinski definition) is 1. The second-order valence-corrected chi connectivity index (χ2v) is 11.3. The average molecular weight is 650 g/mol. The van der Waals surface area contributed by atoms with Gasteiger partial charge in [-0.25, -0.2) is 0 Å². The molecule has 0 saturated carbocycles. The van der Waals surface area contributed by atoms with E-state index < -0.39 is 5.91 Å². The molecular formula is C31H28IN3O3S. The van der Waals surface area contributed by atoms with Crippen LogP contribution in [0.1, 0.15) is 52.5 Å². The second-order valence-electron chi connectivity index (χ2n) is 9.00. The minimum atomic E-state index is -0.546. The van der Waals surface area contributed by atoms with E-state index in [-0.39, 0.29) is 5.57 Å². The molecule has 0 spiro atoms. The number of fused-ring (bicyclic) bond motifs is 1. The van der Waals surface area contributed by atoms with Crippen molar-refractivity contribution in [3.63, 3.8) is 0 Å². The molecule has 6 nitrogen and oxygen atoms in total. The Labute approximate surface area is 246 Å². The van der Waals surface area contributed by atoms with Crippen LogP contribution in [0.15, 0.2) is 54.6 Å². The Morgan fingerprint density at radius 3 is 2.64 bits per heavy atom. The summed E-state index contributed by atoms with van der Waals surface area (Å²) in [5.41, 5.74) is 3.98. The van der Waals surface area contributed by atoms with Gasteiger partial charge in [-0.15, -0.1) is 17.9 Å². The first-order chi connectivity index (χ1) is 19.0. The number of nitriles is 2. The largest absolute Gasteiger partial charge is 0.490 e. The molecule has 39 heavy (non-hydrogen) atoms. The van der Waals surface area contributed by atoms with Gasteiger partial charge in [0, 0.05) is 14.0 Å². The molecule has 1 aromatic heterocycles. The first-order valence-corrected chi connectivity index (χ1v) is 14.6. The number of carbonyl (C=O) groups excluding carboxylic acids is 1. The molecular weight excluding hydrogens is 621 g/mol. The Morgan fingerprint density at radius 2 is 1.95 bits per heavy atom. The highest BCUT2D eigenvalue weighted by Gasteiger charge is 2.23. The first-order valence-electron chi connectivity index (χ1n) is 12.7. The van der Waals surface area contributed by atoms with Crippen LogP contribution >= 0.6 is 33.9 Å². The van der Waals surface area contributed by atoms with Crippen LogP contribution in [-0.4, -0.2) is 12.5 Å². The number of allylic oxidation sites excluding steroid dienone is 1. The molecule has 1 heterocycles. The standard InChI is InChI=1S/C31H28IN3O3S/c1-3-7-22-14-21(16-27(37-4-2)29(22)38-19-20-10-12-24(32)13-11-20)15-23(17-33)30(36)35-31-26(18-34)25-8-5-6-9-28(25)39-31/h3,10-16H,1,4-9,19H2,2H3,(H,35,36)/b23-15+. The summed E-state index contributed by atoms with van der Waals surface area (Å²) in [7, 11) is 0. The van der Waals surface area contributed by atoms with E-state index in [0.717, 1.165) is 50.8 Å². The molecule has 2 aromatic carbocycles. The monoisotopic (exact) mass is 649 g/mol. The quantitative estimate of drug-likeness (QED) is 0.107. The Morgan fingerprint density at radius 1 is 1.18 bits per heavy atom. The van der Waals surface area contributed by atoms with Crippen molar-refractivity contribution in [2.75, 3.05) is 11.9 Å². The minimum absolute atomic E-state index is 0.0650. The van der Waals surface area contributed by atoms with Crippen molar-refractivity contribution in [1.29, 1.82) is 10.5 Å². The van der Waals surface area contributed by atoms with Crippen LogP contribution < -0.4 is 14.8 Å². The molecule has 0 fully saturated rings. The molecule has 0 radical (unpaired) electrons. The van der Waals surface area contributed by atoms with Crippen LogP contribution in [0.5, 0.6) is 11.5 Å². The van der Waals surface area contributed by atoms with Gasteiger partial charge in [0.1, 0.15) is 29.3 Å². The van der Waals surface area contributed by atoms with Gasteiger partial charge in [-0.1, -0.05) is 18.2 Å². The SMILES string of the molecule is C=CCc1cc(/C=C(\C#N)C(=O)Nc2sc3c(c2C#N)CCCC3)cc(OCC)c1OCc1ccc(I)cc1. The van der Waals surface area contributed by atoms with E-state index in [4.69, 9.17) is 9.47 Å². The zero-order chi connectivity index (χ0) is 27.8. The van der Waals surface area contributed by atoms with Gasteiger partial charge in [-0.3, -0.25) is 4.79 Å². The van der Waals surface area contributed by atoms with Crippen molar-refractivity contribution in [2.45, 2.75) is 45.6 Å². The highest BCUT2D eigenvalue weighted by atomic mass is 127. The lowest BCUT2D eigenvalue weighted by atomic mass is 9.96. The maximum absolute atomic E-state index is 13.1. The van der Waals surface area contributed by atoms with Crippen molar-refractivity contribution in [1.82, 2.24) is 0 Å². The van der Waals surface area contributed by atoms with Crippen LogP contribution in [-0.2, 0) is 30.7 Å². The third-order valence-corrected chi connectivity index (χ3v) is 8.23. The molecule has 1 aliphatic carbocycles. The number of anilines is 1. The normalized spacial score (nSPS) is 12.6. The lowest BCUT2D eigenvalue weighted by Gasteiger charge is -2.17. The number of benzene rings is 2. The summed E-state index contributed by atoms with van der Waals surface area (Å²) in [6.45, 7) is 6.55. The number of nitrogens with one attached hydrogen (secondary N) is 1. The van der Waals surface area contributed by atoms with Crippen LogP contribution in [0, 0.1) is 26.2 Å². The maximum Gasteiger partial charge on any atom is 0.266 e. The number of thiophene rings is 1. The van der Waals surface area contributed by atoms with Gasteiger partial charge in [0.25, 0.3) is 5.91 Å². The molecule has 0 bridgehead atoms. The maximum atomic E-state index is 13.1. The lowest BCUT2D eigenvalue weighted by molar-refractivity contribution is -0.112.